The Bertz CT molecular complexity index is 672. The first-order chi connectivity index (χ1) is 10.8. The molecule has 1 aromatic rings. The van der Waals surface area contributed by atoms with E-state index in [0.717, 1.165) is 11.1 Å². The molecule has 0 aliphatic carbocycles. The molecule has 0 spiro atoms. The fraction of sp³-hybridized carbons (Fsp3) is 0.333. The van der Waals surface area contributed by atoms with Gasteiger partial charge in [0.25, 0.3) is 0 Å². The van der Waals surface area contributed by atoms with Crippen molar-refractivity contribution in [3.63, 3.8) is 0 Å². The molecule has 0 unspecified atom stereocenters. The summed E-state index contributed by atoms with van der Waals surface area (Å²) in [6.45, 7) is 8.50. The molecule has 23 heavy (non-hydrogen) atoms. The molecule has 0 atom stereocenters. The molecule has 0 bridgehead atoms. The van der Waals surface area contributed by atoms with Crippen molar-refractivity contribution in [2.75, 3.05) is 6.61 Å². The van der Waals surface area contributed by atoms with Gasteiger partial charge in [-0.15, -0.1) is 4.91 Å². The predicted molar refractivity (Wildman–Crippen MR) is 90.9 cm³/mol. The van der Waals surface area contributed by atoms with E-state index in [-0.39, 0.29) is 30.2 Å². The van der Waals surface area contributed by atoms with Gasteiger partial charge in [0.1, 0.15) is 11.4 Å². The minimum Gasteiger partial charge on any atom is -0.507 e. The van der Waals surface area contributed by atoms with E-state index in [0.29, 0.717) is 23.1 Å². The standard InChI is InChI=1S/C18H23NO4/c1-11(5-12(2)17(19-23)14(4)9-20)6-15-7-13(3)18(22)16(8-15)10-21/h5,7-8,20-22H,4,6,9-10H2,1-3H3/b11-5+,17-12+. The van der Waals surface area contributed by atoms with Crippen LogP contribution in [-0.2, 0) is 13.0 Å². The van der Waals surface area contributed by atoms with Crippen molar-refractivity contribution in [3.8, 4) is 5.75 Å². The van der Waals surface area contributed by atoms with Gasteiger partial charge in [0.05, 0.1) is 13.2 Å². The van der Waals surface area contributed by atoms with Crippen LogP contribution >= 0.6 is 0 Å². The van der Waals surface area contributed by atoms with Crippen LogP contribution in [0.2, 0.25) is 0 Å². The molecule has 1 aromatic carbocycles. The third-order valence-corrected chi connectivity index (χ3v) is 3.55. The van der Waals surface area contributed by atoms with Gasteiger partial charge in [0.15, 0.2) is 0 Å². The first kappa shape index (κ1) is 18.8. The maximum absolute atomic E-state index is 10.9. The number of aliphatic hydroxyl groups is 2. The van der Waals surface area contributed by atoms with Crippen LogP contribution in [0.5, 0.6) is 5.75 Å². The lowest BCUT2D eigenvalue weighted by Gasteiger charge is -2.10. The number of hydrogen-bond donors (Lipinski definition) is 3. The summed E-state index contributed by atoms with van der Waals surface area (Å²) in [7, 11) is 0. The Morgan fingerprint density at radius 3 is 2.48 bits per heavy atom. The summed E-state index contributed by atoms with van der Waals surface area (Å²) < 4.78 is 0. The van der Waals surface area contributed by atoms with Crippen molar-refractivity contribution >= 4 is 0 Å². The fourth-order valence-corrected chi connectivity index (χ4v) is 2.46. The van der Waals surface area contributed by atoms with Crippen LogP contribution in [-0.4, -0.2) is 21.9 Å². The van der Waals surface area contributed by atoms with Crippen molar-refractivity contribution in [1.82, 2.24) is 0 Å². The average molecular weight is 317 g/mol. The molecule has 0 amide bonds. The number of rotatable bonds is 7. The third-order valence-electron chi connectivity index (χ3n) is 3.55. The topological polar surface area (TPSA) is 90.1 Å². The zero-order valence-corrected chi connectivity index (χ0v) is 13.8. The summed E-state index contributed by atoms with van der Waals surface area (Å²) in [6.07, 6.45) is 2.42. The van der Waals surface area contributed by atoms with E-state index in [1.165, 1.54) is 0 Å². The van der Waals surface area contributed by atoms with Gasteiger partial charge in [-0.3, -0.25) is 0 Å². The molecule has 0 radical (unpaired) electrons. The Labute approximate surface area is 136 Å². The number of aliphatic hydroxyl groups excluding tert-OH is 2. The zero-order chi connectivity index (χ0) is 17.6. The Balaban J connectivity index is 3.10. The van der Waals surface area contributed by atoms with Crippen molar-refractivity contribution in [2.45, 2.75) is 33.8 Å². The number of benzene rings is 1. The first-order valence-corrected chi connectivity index (χ1v) is 7.26. The normalized spacial score (nSPS) is 12.8. The Morgan fingerprint density at radius 1 is 1.30 bits per heavy atom. The molecular formula is C18H23NO4. The third kappa shape index (κ3) is 4.87. The predicted octanol–water partition coefficient (Wildman–Crippen LogP) is 3.27. The van der Waals surface area contributed by atoms with Crippen LogP contribution in [0.3, 0.4) is 0 Å². The summed E-state index contributed by atoms with van der Waals surface area (Å²) >= 11 is 0. The van der Waals surface area contributed by atoms with Crippen molar-refractivity contribution < 1.29 is 15.3 Å². The highest BCUT2D eigenvalue weighted by molar-refractivity contribution is 5.44. The molecule has 0 aliphatic heterocycles. The van der Waals surface area contributed by atoms with Crippen LogP contribution in [0.4, 0.5) is 0 Å². The lowest BCUT2D eigenvalue weighted by molar-refractivity contribution is 0.275. The molecule has 5 heteroatoms. The van der Waals surface area contributed by atoms with E-state index in [4.69, 9.17) is 5.11 Å². The first-order valence-electron chi connectivity index (χ1n) is 7.26. The maximum atomic E-state index is 10.9. The fourth-order valence-electron chi connectivity index (χ4n) is 2.46. The van der Waals surface area contributed by atoms with E-state index in [1.54, 1.807) is 19.9 Å². The van der Waals surface area contributed by atoms with E-state index in [2.05, 4.69) is 11.8 Å². The zero-order valence-electron chi connectivity index (χ0n) is 13.8. The van der Waals surface area contributed by atoms with Gasteiger partial charge in [0, 0.05) is 5.56 Å². The van der Waals surface area contributed by atoms with E-state index >= 15 is 0 Å². The highest BCUT2D eigenvalue weighted by atomic mass is 16.3. The quantitative estimate of drug-likeness (QED) is 0.532. The molecule has 0 aromatic heterocycles. The number of hydrogen-bond acceptors (Lipinski definition) is 5. The van der Waals surface area contributed by atoms with Crippen LogP contribution in [0.1, 0.15) is 30.5 Å². The number of phenols is 1. The molecule has 0 saturated heterocycles. The van der Waals surface area contributed by atoms with Crippen molar-refractivity contribution in [1.29, 1.82) is 0 Å². The summed E-state index contributed by atoms with van der Waals surface area (Å²) in [5, 5.41) is 31.1. The largest absolute Gasteiger partial charge is 0.507 e. The van der Waals surface area contributed by atoms with Gasteiger partial charge in [-0.2, -0.15) is 0 Å². The van der Waals surface area contributed by atoms with Gasteiger partial charge < -0.3 is 15.3 Å². The van der Waals surface area contributed by atoms with E-state index < -0.39 is 0 Å². The minimum atomic E-state index is -0.317. The second-order valence-corrected chi connectivity index (χ2v) is 5.63. The summed E-state index contributed by atoms with van der Waals surface area (Å²) in [4.78, 5) is 10.9. The number of nitrogens with zero attached hydrogens (tertiary/aromatic N) is 1. The van der Waals surface area contributed by atoms with Crippen LogP contribution in [0, 0.1) is 11.8 Å². The summed E-state index contributed by atoms with van der Waals surface area (Å²) in [5.74, 6) is 0.112. The number of allylic oxidation sites excluding steroid dienone is 3. The Kier molecular flexibility index (Phi) is 6.88. The molecule has 5 nitrogen and oxygen atoms in total. The molecule has 1 rings (SSSR count). The summed E-state index contributed by atoms with van der Waals surface area (Å²) in [5.41, 5.74) is 4.19. The molecule has 0 heterocycles. The summed E-state index contributed by atoms with van der Waals surface area (Å²) in [6, 6.07) is 3.61. The molecular weight excluding hydrogens is 294 g/mol. The monoisotopic (exact) mass is 317 g/mol. The lowest BCUT2D eigenvalue weighted by Crippen LogP contribution is -1.96. The molecule has 124 valence electrons. The SMILES string of the molecule is C=C(CO)/C(N=O)=C(C)\C=C(/C)Cc1cc(C)c(O)c(CO)c1. The Morgan fingerprint density at radius 2 is 1.96 bits per heavy atom. The molecule has 0 saturated carbocycles. The average Bonchev–Trinajstić information content (AvgIpc) is 2.50. The highest BCUT2D eigenvalue weighted by Crippen LogP contribution is 2.25. The van der Waals surface area contributed by atoms with Crippen LogP contribution in [0.15, 0.2) is 52.4 Å². The van der Waals surface area contributed by atoms with Gasteiger partial charge in [-0.05, 0) is 60.7 Å². The molecule has 0 aliphatic rings. The van der Waals surface area contributed by atoms with Gasteiger partial charge >= 0.3 is 0 Å². The van der Waals surface area contributed by atoms with Crippen molar-refractivity contribution in [3.05, 3.63) is 68.8 Å². The maximum Gasteiger partial charge on any atom is 0.124 e. The van der Waals surface area contributed by atoms with Crippen LogP contribution in [0.25, 0.3) is 0 Å². The molecule has 3 N–H and O–H groups in total. The highest BCUT2D eigenvalue weighted by Gasteiger charge is 2.08. The van der Waals surface area contributed by atoms with Gasteiger partial charge in [-0.1, -0.05) is 24.3 Å². The van der Waals surface area contributed by atoms with Gasteiger partial charge in [0.2, 0.25) is 0 Å². The number of aromatic hydroxyl groups is 1. The second kappa shape index (κ2) is 8.41. The Hall–Kier alpha value is -2.24. The second-order valence-electron chi connectivity index (χ2n) is 5.63. The smallest absolute Gasteiger partial charge is 0.124 e. The van der Waals surface area contributed by atoms with Crippen LogP contribution < -0.4 is 0 Å². The molecule has 0 fully saturated rings. The minimum absolute atomic E-state index is 0.112. The van der Waals surface area contributed by atoms with E-state index in [9.17, 15) is 15.1 Å². The number of aryl methyl sites for hydroxylation is 1. The van der Waals surface area contributed by atoms with Crippen molar-refractivity contribution in [2.24, 2.45) is 5.18 Å². The van der Waals surface area contributed by atoms with Gasteiger partial charge in [-0.25, -0.2) is 0 Å². The lowest BCUT2D eigenvalue weighted by atomic mass is 9.98. The van der Waals surface area contributed by atoms with E-state index in [1.807, 2.05) is 19.1 Å². The number of nitroso groups, excluding NO2 is 1.